The van der Waals surface area contributed by atoms with Gasteiger partial charge in [-0.3, -0.25) is 0 Å². The van der Waals surface area contributed by atoms with Gasteiger partial charge >= 0.3 is 6.61 Å². The highest BCUT2D eigenvalue weighted by atomic mass is 32.2. The fraction of sp³-hybridized carbons (Fsp3) is 0.235. The molecule has 0 saturated heterocycles. The number of aromatic nitrogens is 7. The predicted octanol–water partition coefficient (Wildman–Crippen LogP) is 3.25. The molecule has 0 radical (unpaired) electrons. The van der Waals surface area contributed by atoms with Crippen molar-refractivity contribution >= 4 is 11.8 Å². The summed E-state index contributed by atoms with van der Waals surface area (Å²) in [5, 5.41) is 20.9. The third-order valence-electron chi connectivity index (χ3n) is 4.11. The van der Waals surface area contributed by atoms with Gasteiger partial charge in [0.05, 0.1) is 23.3 Å². The van der Waals surface area contributed by atoms with Crippen molar-refractivity contribution in [2.24, 2.45) is 7.05 Å². The number of furan rings is 1. The van der Waals surface area contributed by atoms with Gasteiger partial charge in [0.2, 0.25) is 0 Å². The first-order chi connectivity index (χ1) is 14.0. The first-order valence-corrected chi connectivity index (χ1v) is 9.40. The third kappa shape index (κ3) is 3.97. The van der Waals surface area contributed by atoms with Gasteiger partial charge in [-0.05, 0) is 47.7 Å². The normalized spacial score (nSPS) is 11.3. The zero-order valence-electron chi connectivity index (χ0n) is 15.4. The van der Waals surface area contributed by atoms with Gasteiger partial charge in [-0.1, -0.05) is 11.8 Å². The van der Waals surface area contributed by atoms with Gasteiger partial charge < -0.3 is 13.7 Å². The van der Waals surface area contributed by atoms with E-state index in [1.54, 1.807) is 18.4 Å². The standard InChI is InChI=1S/C17H15F2N7O2S/c1-10-13(7-8-27-10)15-21-22-17(25(15)2)29-9-14-20-23-24-26(14)11-3-5-12(6-4-11)28-16(18)19/h3-8,16H,9H2,1-2H3. The molecule has 9 nitrogen and oxygen atoms in total. The van der Waals surface area contributed by atoms with Crippen molar-refractivity contribution in [3.8, 4) is 22.8 Å². The van der Waals surface area contributed by atoms with Crippen LogP contribution in [0.2, 0.25) is 0 Å². The average Bonchev–Trinajstić information content (AvgIpc) is 3.41. The summed E-state index contributed by atoms with van der Waals surface area (Å²) in [6, 6.07) is 7.91. The van der Waals surface area contributed by atoms with Crippen LogP contribution in [-0.2, 0) is 12.8 Å². The molecule has 3 heterocycles. The van der Waals surface area contributed by atoms with Crippen LogP contribution in [0.1, 0.15) is 11.6 Å². The Morgan fingerprint density at radius 1 is 1.14 bits per heavy atom. The molecule has 0 aliphatic heterocycles. The van der Waals surface area contributed by atoms with E-state index in [0.717, 1.165) is 11.3 Å². The van der Waals surface area contributed by atoms with Crippen LogP contribution in [0.3, 0.4) is 0 Å². The third-order valence-corrected chi connectivity index (χ3v) is 5.12. The van der Waals surface area contributed by atoms with E-state index in [0.29, 0.717) is 28.2 Å². The Hall–Kier alpha value is -3.28. The van der Waals surface area contributed by atoms with Gasteiger partial charge in [0.1, 0.15) is 11.5 Å². The number of thioether (sulfide) groups is 1. The molecular formula is C17H15F2N7O2S. The number of halogens is 2. The Bertz CT molecular complexity index is 1110. The second-order valence-electron chi connectivity index (χ2n) is 5.92. The van der Waals surface area contributed by atoms with E-state index >= 15 is 0 Å². The summed E-state index contributed by atoms with van der Waals surface area (Å²) in [5.41, 5.74) is 1.50. The summed E-state index contributed by atoms with van der Waals surface area (Å²) in [7, 11) is 1.87. The maximum Gasteiger partial charge on any atom is 0.387 e. The van der Waals surface area contributed by atoms with Gasteiger partial charge in [-0.15, -0.1) is 15.3 Å². The predicted molar refractivity (Wildman–Crippen MR) is 98.8 cm³/mol. The summed E-state index contributed by atoms with van der Waals surface area (Å²) >= 11 is 1.42. The van der Waals surface area contributed by atoms with Crippen LogP contribution in [-0.4, -0.2) is 41.6 Å². The molecule has 4 rings (SSSR count). The summed E-state index contributed by atoms with van der Waals surface area (Å²) in [4.78, 5) is 0. The van der Waals surface area contributed by atoms with Gasteiger partial charge in [0.15, 0.2) is 16.8 Å². The molecule has 0 amide bonds. The molecule has 0 unspecified atom stereocenters. The van der Waals surface area contributed by atoms with Gasteiger partial charge in [0, 0.05) is 7.05 Å². The quantitative estimate of drug-likeness (QED) is 0.421. The highest BCUT2D eigenvalue weighted by molar-refractivity contribution is 7.98. The molecule has 0 N–H and O–H groups in total. The van der Waals surface area contributed by atoms with E-state index in [2.05, 4.69) is 30.5 Å². The number of ether oxygens (including phenoxy) is 1. The smallest absolute Gasteiger partial charge is 0.387 e. The zero-order valence-corrected chi connectivity index (χ0v) is 16.2. The molecule has 29 heavy (non-hydrogen) atoms. The molecule has 0 aliphatic carbocycles. The number of hydrogen-bond donors (Lipinski definition) is 0. The lowest BCUT2D eigenvalue weighted by Crippen LogP contribution is -2.04. The number of alkyl halides is 2. The van der Waals surface area contributed by atoms with Crippen LogP contribution in [0, 0.1) is 6.92 Å². The van der Waals surface area contributed by atoms with E-state index in [1.807, 2.05) is 24.6 Å². The minimum atomic E-state index is -2.87. The first kappa shape index (κ1) is 19.1. The van der Waals surface area contributed by atoms with Crippen LogP contribution < -0.4 is 4.74 Å². The fourth-order valence-electron chi connectivity index (χ4n) is 2.69. The Labute approximate surface area is 167 Å². The Morgan fingerprint density at radius 2 is 1.93 bits per heavy atom. The number of rotatable bonds is 7. The van der Waals surface area contributed by atoms with E-state index < -0.39 is 6.61 Å². The Balaban J connectivity index is 1.49. The molecule has 0 aliphatic rings. The molecule has 150 valence electrons. The van der Waals surface area contributed by atoms with Crippen LogP contribution in [0.4, 0.5) is 8.78 Å². The van der Waals surface area contributed by atoms with Crippen LogP contribution >= 0.6 is 11.8 Å². The second kappa shape index (κ2) is 7.99. The largest absolute Gasteiger partial charge is 0.469 e. The zero-order chi connectivity index (χ0) is 20.4. The van der Waals surface area contributed by atoms with Crippen molar-refractivity contribution in [1.29, 1.82) is 0 Å². The summed E-state index contributed by atoms with van der Waals surface area (Å²) in [5.74, 6) is 2.53. The molecule has 4 aromatic rings. The van der Waals surface area contributed by atoms with Crippen molar-refractivity contribution in [2.45, 2.75) is 24.4 Å². The second-order valence-corrected chi connectivity index (χ2v) is 6.87. The molecule has 1 aromatic carbocycles. The monoisotopic (exact) mass is 419 g/mol. The van der Waals surface area contributed by atoms with Crippen LogP contribution in [0.25, 0.3) is 17.1 Å². The van der Waals surface area contributed by atoms with Crippen molar-refractivity contribution in [1.82, 2.24) is 35.0 Å². The number of tetrazole rings is 1. The SMILES string of the molecule is Cc1occc1-c1nnc(SCc2nnnn2-c2ccc(OC(F)F)cc2)n1C. The molecule has 3 aromatic heterocycles. The molecule has 0 atom stereocenters. The Kier molecular flexibility index (Phi) is 5.25. The van der Waals surface area contributed by atoms with E-state index in [9.17, 15) is 8.78 Å². The first-order valence-electron chi connectivity index (χ1n) is 8.42. The van der Waals surface area contributed by atoms with E-state index in [4.69, 9.17) is 4.42 Å². The average molecular weight is 419 g/mol. The van der Waals surface area contributed by atoms with Gasteiger partial charge in [-0.2, -0.15) is 13.5 Å². The van der Waals surface area contributed by atoms with Crippen LogP contribution in [0.15, 0.2) is 46.2 Å². The van der Waals surface area contributed by atoms with Crippen molar-refractivity contribution in [3.05, 3.63) is 48.2 Å². The maximum absolute atomic E-state index is 12.3. The number of benzene rings is 1. The highest BCUT2D eigenvalue weighted by Crippen LogP contribution is 2.27. The Morgan fingerprint density at radius 3 is 2.62 bits per heavy atom. The molecule has 0 saturated carbocycles. The van der Waals surface area contributed by atoms with E-state index in [1.165, 1.54) is 28.6 Å². The molecule has 12 heteroatoms. The lowest BCUT2D eigenvalue weighted by molar-refractivity contribution is -0.0498. The fourth-order valence-corrected chi connectivity index (χ4v) is 3.50. The summed E-state index contributed by atoms with van der Waals surface area (Å²) in [6.07, 6.45) is 1.61. The number of nitrogens with zero attached hydrogens (tertiary/aromatic N) is 7. The van der Waals surface area contributed by atoms with Crippen molar-refractivity contribution in [3.63, 3.8) is 0 Å². The minimum Gasteiger partial charge on any atom is -0.469 e. The number of hydrogen-bond acceptors (Lipinski definition) is 8. The van der Waals surface area contributed by atoms with E-state index in [-0.39, 0.29) is 5.75 Å². The summed E-state index contributed by atoms with van der Waals surface area (Å²) < 4.78 is 37.6. The molecule has 0 spiro atoms. The van der Waals surface area contributed by atoms with Crippen molar-refractivity contribution < 1.29 is 17.9 Å². The van der Waals surface area contributed by atoms with Crippen molar-refractivity contribution in [2.75, 3.05) is 0 Å². The highest BCUT2D eigenvalue weighted by Gasteiger charge is 2.16. The van der Waals surface area contributed by atoms with Gasteiger partial charge in [-0.25, -0.2) is 0 Å². The maximum atomic E-state index is 12.3. The molecule has 0 fully saturated rings. The molecular weight excluding hydrogens is 404 g/mol. The summed E-state index contributed by atoms with van der Waals surface area (Å²) in [6.45, 7) is -1.01. The van der Waals surface area contributed by atoms with Crippen LogP contribution in [0.5, 0.6) is 5.75 Å². The minimum absolute atomic E-state index is 0.0638. The lowest BCUT2D eigenvalue weighted by Gasteiger charge is -2.07. The molecule has 0 bridgehead atoms. The lowest BCUT2D eigenvalue weighted by atomic mass is 10.2. The topological polar surface area (TPSA) is 96.7 Å². The van der Waals surface area contributed by atoms with Gasteiger partial charge in [0.25, 0.3) is 0 Å². The number of aryl methyl sites for hydroxylation is 1.